The summed E-state index contributed by atoms with van der Waals surface area (Å²) in [5.41, 5.74) is 0.331. The molecule has 1 heterocycles. The number of rotatable bonds is 0. The van der Waals surface area contributed by atoms with Gasteiger partial charge in [0.1, 0.15) is 0 Å². The molecule has 102 valence electrons. The molecule has 3 aliphatic rings. The van der Waals surface area contributed by atoms with Gasteiger partial charge in [-0.25, -0.2) is 0 Å². The lowest BCUT2D eigenvalue weighted by Crippen LogP contribution is -2.60. The summed E-state index contributed by atoms with van der Waals surface area (Å²) in [6.07, 6.45) is 13.5. The average Bonchev–Trinajstić information content (AvgIpc) is 2.49. The Morgan fingerprint density at radius 2 is 1.33 bits per heavy atom. The standard InChI is InChI=1S/C15H26N2O/c18-13-11-14(7-3-1-4-8-14)17-15(12-16-13)9-5-2-6-10-15/h17H,1-12H2,(H,16,18). The predicted molar refractivity (Wildman–Crippen MR) is 72.4 cm³/mol. The van der Waals surface area contributed by atoms with E-state index in [4.69, 9.17) is 0 Å². The van der Waals surface area contributed by atoms with E-state index in [1.807, 2.05) is 0 Å². The lowest BCUT2D eigenvalue weighted by molar-refractivity contribution is -0.122. The fraction of sp³-hybridized carbons (Fsp3) is 0.933. The normalized spacial score (nSPS) is 31.0. The molecule has 0 aromatic carbocycles. The maximum absolute atomic E-state index is 12.0. The average molecular weight is 250 g/mol. The largest absolute Gasteiger partial charge is 0.354 e. The molecule has 0 unspecified atom stereocenters. The second-order valence-corrected chi connectivity index (χ2v) is 6.76. The van der Waals surface area contributed by atoms with E-state index < -0.39 is 0 Å². The van der Waals surface area contributed by atoms with Gasteiger partial charge in [0, 0.05) is 24.0 Å². The number of hydrogen-bond acceptors (Lipinski definition) is 2. The van der Waals surface area contributed by atoms with E-state index >= 15 is 0 Å². The Bertz CT molecular complexity index is 314. The van der Waals surface area contributed by atoms with Crippen molar-refractivity contribution < 1.29 is 4.79 Å². The highest BCUT2D eigenvalue weighted by Crippen LogP contribution is 2.38. The van der Waals surface area contributed by atoms with Crippen LogP contribution in [0.1, 0.15) is 70.6 Å². The van der Waals surface area contributed by atoms with Gasteiger partial charge in [-0.15, -0.1) is 0 Å². The van der Waals surface area contributed by atoms with Crippen molar-refractivity contribution in [2.24, 2.45) is 0 Å². The van der Waals surface area contributed by atoms with Crippen molar-refractivity contribution >= 4 is 5.91 Å². The van der Waals surface area contributed by atoms with Crippen LogP contribution in [0.5, 0.6) is 0 Å². The van der Waals surface area contributed by atoms with Crippen molar-refractivity contribution in [3.63, 3.8) is 0 Å². The molecule has 18 heavy (non-hydrogen) atoms. The highest BCUT2D eigenvalue weighted by Gasteiger charge is 2.45. The van der Waals surface area contributed by atoms with E-state index in [0.29, 0.717) is 6.42 Å². The number of hydrogen-bond donors (Lipinski definition) is 2. The van der Waals surface area contributed by atoms with Crippen LogP contribution < -0.4 is 10.6 Å². The molecule has 2 spiro atoms. The van der Waals surface area contributed by atoms with E-state index in [1.54, 1.807) is 0 Å². The maximum Gasteiger partial charge on any atom is 0.221 e. The van der Waals surface area contributed by atoms with Crippen molar-refractivity contribution in [2.45, 2.75) is 81.7 Å². The van der Waals surface area contributed by atoms with Crippen LogP contribution in [0.3, 0.4) is 0 Å². The van der Waals surface area contributed by atoms with Gasteiger partial charge in [-0.3, -0.25) is 4.79 Å². The van der Waals surface area contributed by atoms with Crippen molar-refractivity contribution in [1.29, 1.82) is 0 Å². The van der Waals surface area contributed by atoms with Crippen LogP contribution in [0.4, 0.5) is 0 Å². The minimum Gasteiger partial charge on any atom is -0.354 e. The molecular weight excluding hydrogens is 224 g/mol. The molecule has 0 aromatic heterocycles. The first-order valence-electron chi connectivity index (χ1n) is 7.78. The van der Waals surface area contributed by atoms with Crippen molar-refractivity contribution in [3.05, 3.63) is 0 Å². The smallest absolute Gasteiger partial charge is 0.221 e. The number of carbonyl (C=O) groups is 1. The van der Waals surface area contributed by atoms with Gasteiger partial charge in [0.15, 0.2) is 0 Å². The molecule has 1 aliphatic heterocycles. The molecule has 2 aliphatic carbocycles. The van der Waals surface area contributed by atoms with Crippen molar-refractivity contribution in [3.8, 4) is 0 Å². The van der Waals surface area contributed by atoms with Gasteiger partial charge in [0.05, 0.1) is 0 Å². The van der Waals surface area contributed by atoms with Crippen molar-refractivity contribution in [2.75, 3.05) is 6.54 Å². The van der Waals surface area contributed by atoms with Gasteiger partial charge >= 0.3 is 0 Å². The summed E-state index contributed by atoms with van der Waals surface area (Å²) >= 11 is 0. The van der Waals surface area contributed by atoms with Gasteiger partial charge < -0.3 is 10.6 Å². The van der Waals surface area contributed by atoms with Crippen LogP contribution in [0.15, 0.2) is 0 Å². The Morgan fingerprint density at radius 3 is 1.94 bits per heavy atom. The third kappa shape index (κ3) is 2.42. The Kier molecular flexibility index (Phi) is 3.35. The van der Waals surface area contributed by atoms with Gasteiger partial charge in [-0.1, -0.05) is 38.5 Å². The summed E-state index contributed by atoms with van der Waals surface area (Å²) in [5, 5.41) is 7.17. The van der Waals surface area contributed by atoms with Crippen LogP contribution in [-0.4, -0.2) is 23.5 Å². The molecule has 3 nitrogen and oxygen atoms in total. The summed E-state index contributed by atoms with van der Waals surface area (Å²) in [6.45, 7) is 0.855. The molecule has 3 fully saturated rings. The van der Waals surface area contributed by atoms with E-state index in [1.165, 1.54) is 64.2 Å². The van der Waals surface area contributed by atoms with Crippen LogP contribution in [0, 0.1) is 0 Å². The molecule has 0 aromatic rings. The molecule has 3 rings (SSSR count). The Hall–Kier alpha value is -0.570. The minimum absolute atomic E-state index is 0.121. The summed E-state index contributed by atoms with van der Waals surface area (Å²) in [6, 6.07) is 0. The maximum atomic E-state index is 12.0. The molecular formula is C15H26N2O. The molecule has 2 saturated carbocycles. The van der Waals surface area contributed by atoms with Crippen LogP contribution in [-0.2, 0) is 4.79 Å². The quantitative estimate of drug-likeness (QED) is 0.693. The van der Waals surface area contributed by atoms with Crippen molar-refractivity contribution in [1.82, 2.24) is 10.6 Å². The third-order valence-electron chi connectivity index (χ3n) is 5.27. The first kappa shape index (κ1) is 12.5. The second kappa shape index (κ2) is 4.84. The second-order valence-electron chi connectivity index (χ2n) is 6.76. The summed E-state index contributed by atoms with van der Waals surface area (Å²) in [5.74, 6) is 0.270. The van der Waals surface area contributed by atoms with Gasteiger partial charge in [0.2, 0.25) is 5.91 Å². The molecule has 0 radical (unpaired) electrons. The van der Waals surface area contributed by atoms with Gasteiger partial charge in [0.25, 0.3) is 0 Å². The highest BCUT2D eigenvalue weighted by atomic mass is 16.1. The zero-order valence-electron chi connectivity index (χ0n) is 11.4. The van der Waals surface area contributed by atoms with Gasteiger partial charge in [-0.05, 0) is 25.7 Å². The summed E-state index contributed by atoms with van der Waals surface area (Å²) in [7, 11) is 0. The molecule has 3 heteroatoms. The number of nitrogens with one attached hydrogen (secondary N) is 2. The molecule has 0 bridgehead atoms. The van der Waals surface area contributed by atoms with E-state index in [9.17, 15) is 4.79 Å². The summed E-state index contributed by atoms with van der Waals surface area (Å²) < 4.78 is 0. The van der Waals surface area contributed by atoms with E-state index in [0.717, 1.165) is 6.54 Å². The zero-order chi connectivity index (χ0) is 12.5. The van der Waals surface area contributed by atoms with Crippen LogP contribution >= 0.6 is 0 Å². The predicted octanol–water partition coefficient (Wildman–Crippen LogP) is 2.50. The minimum atomic E-state index is 0.121. The fourth-order valence-corrected chi connectivity index (χ4v) is 4.35. The third-order valence-corrected chi connectivity index (χ3v) is 5.27. The van der Waals surface area contributed by atoms with E-state index in [2.05, 4.69) is 10.6 Å². The monoisotopic (exact) mass is 250 g/mol. The lowest BCUT2D eigenvalue weighted by atomic mass is 9.74. The first-order valence-corrected chi connectivity index (χ1v) is 7.78. The molecule has 1 amide bonds. The highest BCUT2D eigenvalue weighted by molar-refractivity contribution is 5.77. The SMILES string of the molecule is O=C1CC2(CCCCC2)NC2(CCCCC2)CN1. The zero-order valence-corrected chi connectivity index (χ0v) is 11.4. The Balaban J connectivity index is 1.82. The Morgan fingerprint density at radius 1 is 0.778 bits per heavy atom. The molecule has 2 N–H and O–H groups in total. The summed E-state index contributed by atoms with van der Waals surface area (Å²) in [4.78, 5) is 12.0. The Labute approximate surface area is 110 Å². The lowest BCUT2D eigenvalue weighted by Gasteiger charge is -2.46. The first-order chi connectivity index (χ1) is 8.72. The number of amides is 1. The fourth-order valence-electron chi connectivity index (χ4n) is 4.35. The number of carbonyl (C=O) groups excluding carboxylic acids is 1. The van der Waals surface area contributed by atoms with Crippen LogP contribution in [0.25, 0.3) is 0 Å². The van der Waals surface area contributed by atoms with Gasteiger partial charge in [-0.2, -0.15) is 0 Å². The topological polar surface area (TPSA) is 41.1 Å². The van der Waals surface area contributed by atoms with Crippen LogP contribution in [0.2, 0.25) is 0 Å². The molecule has 1 saturated heterocycles. The molecule has 0 atom stereocenters. The van der Waals surface area contributed by atoms with E-state index in [-0.39, 0.29) is 17.0 Å².